The Kier molecular flexibility index (Phi) is 3.01. The standard InChI is InChI=1S/C16H19N3O2/c1-16(2,3)13-12-7-8-17-14(12)19(18-13)11-6-4-5-10(9-11)15(20)21/h4-6,9,17H,7-8H2,1-3H3,(H,20,21). The van der Waals surface area contributed by atoms with Crippen molar-refractivity contribution < 1.29 is 9.90 Å². The van der Waals surface area contributed by atoms with Crippen molar-refractivity contribution in [1.82, 2.24) is 9.78 Å². The van der Waals surface area contributed by atoms with E-state index in [9.17, 15) is 4.79 Å². The van der Waals surface area contributed by atoms with Crippen LogP contribution in [0.4, 0.5) is 5.82 Å². The largest absolute Gasteiger partial charge is 0.478 e. The molecular formula is C16H19N3O2. The van der Waals surface area contributed by atoms with Gasteiger partial charge in [-0.15, -0.1) is 0 Å². The van der Waals surface area contributed by atoms with E-state index in [0.29, 0.717) is 0 Å². The zero-order valence-corrected chi connectivity index (χ0v) is 12.5. The van der Waals surface area contributed by atoms with Gasteiger partial charge in [0.05, 0.1) is 16.9 Å². The fourth-order valence-electron chi connectivity index (χ4n) is 2.73. The second kappa shape index (κ2) is 4.62. The van der Waals surface area contributed by atoms with Gasteiger partial charge in [-0.3, -0.25) is 0 Å². The third-order valence-corrected chi connectivity index (χ3v) is 3.70. The van der Waals surface area contributed by atoms with Gasteiger partial charge in [0.25, 0.3) is 0 Å². The average molecular weight is 285 g/mol. The van der Waals surface area contributed by atoms with Gasteiger partial charge >= 0.3 is 5.97 Å². The molecule has 2 aromatic rings. The number of hydrogen-bond acceptors (Lipinski definition) is 3. The van der Waals surface area contributed by atoms with Gasteiger partial charge in [0.1, 0.15) is 5.82 Å². The summed E-state index contributed by atoms with van der Waals surface area (Å²) in [7, 11) is 0. The zero-order chi connectivity index (χ0) is 15.2. The Balaban J connectivity index is 2.16. The van der Waals surface area contributed by atoms with Crippen LogP contribution in [0.5, 0.6) is 0 Å². The Bertz CT molecular complexity index is 711. The third-order valence-electron chi connectivity index (χ3n) is 3.70. The summed E-state index contributed by atoms with van der Waals surface area (Å²) in [6, 6.07) is 6.88. The van der Waals surface area contributed by atoms with Crippen LogP contribution >= 0.6 is 0 Å². The van der Waals surface area contributed by atoms with Gasteiger partial charge in [0, 0.05) is 17.5 Å². The molecule has 0 amide bonds. The van der Waals surface area contributed by atoms with E-state index in [1.54, 1.807) is 18.2 Å². The van der Waals surface area contributed by atoms with Gasteiger partial charge in [-0.25, -0.2) is 9.48 Å². The minimum atomic E-state index is -0.926. The normalized spacial score (nSPS) is 13.9. The molecule has 1 aromatic carbocycles. The highest BCUT2D eigenvalue weighted by atomic mass is 16.4. The lowest BCUT2D eigenvalue weighted by Crippen LogP contribution is -2.15. The molecule has 0 saturated heterocycles. The van der Waals surface area contributed by atoms with E-state index in [4.69, 9.17) is 10.2 Å². The SMILES string of the molecule is CC(C)(C)c1nn(-c2cccc(C(=O)O)c2)c2c1CCN2. The lowest BCUT2D eigenvalue weighted by molar-refractivity contribution is 0.0697. The maximum atomic E-state index is 11.1. The highest BCUT2D eigenvalue weighted by Gasteiger charge is 2.29. The molecule has 0 atom stereocenters. The molecule has 0 bridgehead atoms. The summed E-state index contributed by atoms with van der Waals surface area (Å²) in [4.78, 5) is 11.1. The van der Waals surface area contributed by atoms with Crippen molar-refractivity contribution in [3.63, 3.8) is 0 Å². The van der Waals surface area contributed by atoms with Gasteiger partial charge in [0.15, 0.2) is 0 Å². The molecule has 21 heavy (non-hydrogen) atoms. The van der Waals surface area contributed by atoms with Crippen LogP contribution in [0.3, 0.4) is 0 Å². The van der Waals surface area contributed by atoms with Crippen LogP contribution < -0.4 is 5.32 Å². The van der Waals surface area contributed by atoms with Crippen molar-refractivity contribution >= 4 is 11.8 Å². The van der Waals surface area contributed by atoms with Crippen molar-refractivity contribution in [2.24, 2.45) is 0 Å². The Morgan fingerprint density at radius 1 is 1.38 bits per heavy atom. The predicted molar refractivity (Wildman–Crippen MR) is 81.4 cm³/mol. The Hall–Kier alpha value is -2.30. The molecule has 0 unspecified atom stereocenters. The van der Waals surface area contributed by atoms with Gasteiger partial charge in [0.2, 0.25) is 0 Å². The van der Waals surface area contributed by atoms with Crippen molar-refractivity contribution in [2.75, 3.05) is 11.9 Å². The first kappa shape index (κ1) is 13.7. The lowest BCUT2D eigenvalue weighted by atomic mass is 9.89. The average Bonchev–Trinajstić information content (AvgIpc) is 2.98. The number of carboxylic acids is 1. The zero-order valence-electron chi connectivity index (χ0n) is 12.5. The number of rotatable bonds is 2. The highest BCUT2D eigenvalue weighted by Crippen LogP contribution is 2.35. The summed E-state index contributed by atoms with van der Waals surface area (Å²) in [6.45, 7) is 7.33. The number of benzene rings is 1. The van der Waals surface area contributed by atoms with E-state index in [1.165, 1.54) is 5.56 Å². The topological polar surface area (TPSA) is 67.2 Å². The summed E-state index contributed by atoms with van der Waals surface area (Å²) in [5.41, 5.74) is 3.32. The van der Waals surface area contributed by atoms with E-state index in [-0.39, 0.29) is 11.0 Å². The smallest absolute Gasteiger partial charge is 0.335 e. The van der Waals surface area contributed by atoms with Crippen LogP contribution in [-0.4, -0.2) is 27.4 Å². The number of hydrogen-bond donors (Lipinski definition) is 2. The quantitative estimate of drug-likeness (QED) is 0.890. The summed E-state index contributed by atoms with van der Waals surface area (Å²) in [5, 5.41) is 17.2. The van der Waals surface area contributed by atoms with Crippen LogP contribution in [-0.2, 0) is 11.8 Å². The fraction of sp³-hybridized carbons (Fsp3) is 0.375. The first-order valence-electron chi connectivity index (χ1n) is 7.08. The Morgan fingerprint density at radius 3 is 2.81 bits per heavy atom. The summed E-state index contributed by atoms with van der Waals surface area (Å²) < 4.78 is 1.83. The van der Waals surface area contributed by atoms with Crippen LogP contribution in [0.1, 0.15) is 42.4 Å². The fourth-order valence-corrected chi connectivity index (χ4v) is 2.73. The molecule has 5 nitrogen and oxygen atoms in total. The number of aromatic carboxylic acids is 1. The molecule has 3 rings (SSSR count). The Labute approximate surface area is 123 Å². The number of nitrogens with zero attached hydrogens (tertiary/aromatic N) is 2. The minimum Gasteiger partial charge on any atom is -0.478 e. The predicted octanol–water partition coefficient (Wildman–Crippen LogP) is 2.84. The van der Waals surface area contributed by atoms with Crippen molar-refractivity contribution in [3.05, 3.63) is 41.1 Å². The molecule has 1 aliphatic heterocycles. The van der Waals surface area contributed by atoms with E-state index in [0.717, 1.165) is 30.2 Å². The van der Waals surface area contributed by atoms with E-state index in [2.05, 4.69) is 26.1 Å². The maximum absolute atomic E-state index is 11.1. The summed E-state index contributed by atoms with van der Waals surface area (Å²) in [5.74, 6) is 0.0621. The monoisotopic (exact) mass is 285 g/mol. The maximum Gasteiger partial charge on any atom is 0.335 e. The minimum absolute atomic E-state index is 0.0360. The van der Waals surface area contributed by atoms with Crippen LogP contribution in [0, 0.1) is 0 Å². The number of aromatic nitrogens is 2. The van der Waals surface area contributed by atoms with E-state index < -0.39 is 5.97 Å². The molecule has 0 saturated carbocycles. The summed E-state index contributed by atoms with van der Waals surface area (Å²) >= 11 is 0. The first-order valence-corrected chi connectivity index (χ1v) is 7.08. The van der Waals surface area contributed by atoms with Crippen molar-refractivity contribution in [3.8, 4) is 5.69 Å². The molecular weight excluding hydrogens is 266 g/mol. The molecule has 0 aliphatic carbocycles. The number of anilines is 1. The lowest BCUT2D eigenvalue weighted by Gasteiger charge is -2.16. The number of carbonyl (C=O) groups is 1. The molecule has 0 fully saturated rings. The summed E-state index contributed by atoms with van der Waals surface area (Å²) in [6.07, 6.45) is 0.959. The van der Waals surface area contributed by atoms with Gasteiger partial charge in [-0.2, -0.15) is 5.10 Å². The second-order valence-electron chi connectivity index (χ2n) is 6.37. The molecule has 0 spiro atoms. The molecule has 5 heteroatoms. The number of nitrogens with one attached hydrogen (secondary N) is 1. The van der Waals surface area contributed by atoms with Gasteiger partial charge in [-0.05, 0) is 24.6 Å². The van der Waals surface area contributed by atoms with E-state index >= 15 is 0 Å². The van der Waals surface area contributed by atoms with Crippen LogP contribution in [0.25, 0.3) is 5.69 Å². The molecule has 2 heterocycles. The number of fused-ring (bicyclic) bond motifs is 1. The molecule has 0 radical (unpaired) electrons. The first-order chi connectivity index (χ1) is 9.88. The Morgan fingerprint density at radius 2 is 2.14 bits per heavy atom. The highest BCUT2D eigenvalue weighted by molar-refractivity contribution is 5.88. The van der Waals surface area contributed by atoms with Crippen LogP contribution in [0.15, 0.2) is 24.3 Å². The molecule has 1 aromatic heterocycles. The molecule has 110 valence electrons. The second-order valence-corrected chi connectivity index (χ2v) is 6.37. The van der Waals surface area contributed by atoms with E-state index in [1.807, 2.05) is 10.7 Å². The third kappa shape index (κ3) is 2.28. The van der Waals surface area contributed by atoms with Crippen molar-refractivity contribution in [1.29, 1.82) is 0 Å². The van der Waals surface area contributed by atoms with Crippen molar-refractivity contribution in [2.45, 2.75) is 32.6 Å². The molecule has 2 N–H and O–H groups in total. The van der Waals surface area contributed by atoms with Gasteiger partial charge < -0.3 is 10.4 Å². The van der Waals surface area contributed by atoms with Crippen LogP contribution in [0.2, 0.25) is 0 Å². The molecule has 1 aliphatic rings. The van der Waals surface area contributed by atoms with Gasteiger partial charge in [-0.1, -0.05) is 26.8 Å². The number of carboxylic acid groups (broad SMARTS) is 1.